The van der Waals surface area contributed by atoms with Gasteiger partial charge in [-0.25, -0.2) is 0 Å². The number of carbonyl (C=O) groups excluding carboxylic acids is 1. The molecule has 12 heavy (non-hydrogen) atoms. The first-order chi connectivity index (χ1) is 5.66. The zero-order valence-electron chi connectivity index (χ0n) is 7.33. The molecule has 68 valence electrons. The SMILES string of the molecule is COC1(OC)NC=CC(=O)N1C. The number of nitrogens with zero attached hydrogens (tertiary/aromatic N) is 1. The average Bonchev–Trinajstić information content (AvgIpc) is 2.11. The monoisotopic (exact) mass is 172 g/mol. The maximum Gasteiger partial charge on any atom is 0.341 e. The molecule has 0 fully saturated rings. The summed E-state index contributed by atoms with van der Waals surface area (Å²) in [5.41, 5.74) is 0. The molecule has 5 nitrogen and oxygen atoms in total. The average molecular weight is 172 g/mol. The van der Waals surface area contributed by atoms with Gasteiger partial charge in [0.15, 0.2) is 0 Å². The lowest BCUT2D eigenvalue weighted by Crippen LogP contribution is -2.62. The van der Waals surface area contributed by atoms with Gasteiger partial charge in [0.2, 0.25) is 0 Å². The van der Waals surface area contributed by atoms with Gasteiger partial charge in [0.25, 0.3) is 5.91 Å². The molecule has 0 radical (unpaired) electrons. The van der Waals surface area contributed by atoms with E-state index in [-0.39, 0.29) is 5.91 Å². The maximum atomic E-state index is 11.2. The molecule has 1 aliphatic rings. The van der Waals surface area contributed by atoms with Crippen LogP contribution in [0.2, 0.25) is 0 Å². The smallest absolute Gasteiger partial charge is 0.322 e. The number of ether oxygens (including phenoxy) is 2. The second-order valence-corrected chi connectivity index (χ2v) is 2.37. The number of hydrogen-bond acceptors (Lipinski definition) is 4. The molecule has 1 heterocycles. The van der Waals surface area contributed by atoms with Crippen LogP contribution in [0.15, 0.2) is 12.3 Å². The summed E-state index contributed by atoms with van der Waals surface area (Å²) >= 11 is 0. The number of methoxy groups -OCH3 is 2. The highest BCUT2D eigenvalue weighted by molar-refractivity contribution is 5.88. The second kappa shape index (κ2) is 3.12. The van der Waals surface area contributed by atoms with Crippen molar-refractivity contribution in [3.8, 4) is 0 Å². The van der Waals surface area contributed by atoms with Gasteiger partial charge in [-0.1, -0.05) is 0 Å². The van der Waals surface area contributed by atoms with Crippen LogP contribution in [-0.4, -0.2) is 38.1 Å². The molecule has 0 aromatic carbocycles. The first-order valence-electron chi connectivity index (χ1n) is 3.48. The highest BCUT2D eigenvalue weighted by Gasteiger charge is 2.38. The first kappa shape index (κ1) is 9.02. The summed E-state index contributed by atoms with van der Waals surface area (Å²) in [5.74, 6) is -0.169. The Hall–Kier alpha value is -1.07. The molecule has 0 spiro atoms. The van der Waals surface area contributed by atoms with Crippen LogP contribution >= 0.6 is 0 Å². The summed E-state index contributed by atoms with van der Waals surface area (Å²) < 4.78 is 10.1. The Kier molecular flexibility index (Phi) is 2.35. The van der Waals surface area contributed by atoms with Gasteiger partial charge in [-0.05, 0) is 0 Å². The Morgan fingerprint density at radius 1 is 1.50 bits per heavy atom. The van der Waals surface area contributed by atoms with Gasteiger partial charge in [0.05, 0.1) is 0 Å². The van der Waals surface area contributed by atoms with Crippen molar-refractivity contribution < 1.29 is 14.3 Å². The van der Waals surface area contributed by atoms with E-state index in [4.69, 9.17) is 9.47 Å². The largest absolute Gasteiger partial charge is 0.341 e. The highest BCUT2D eigenvalue weighted by atomic mass is 16.7. The minimum Gasteiger partial charge on any atom is -0.322 e. The van der Waals surface area contributed by atoms with E-state index in [0.29, 0.717) is 0 Å². The van der Waals surface area contributed by atoms with E-state index in [1.807, 2.05) is 0 Å². The van der Waals surface area contributed by atoms with E-state index in [1.54, 1.807) is 7.05 Å². The van der Waals surface area contributed by atoms with E-state index in [0.717, 1.165) is 0 Å². The van der Waals surface area contributed by atoms with Gasteiger partial charge in [0, 0.05) is 33.5 Å². The number of likely N-dealkylation sites (N-methyl/N-ethyl adjacent to an activating group) is 1. The molecule has 1 rings (SSSR count). The normalized spacial score (nSPS) is 20.9. The topological polar surface area (TPSA) is 50.8 Å². The van der Waals surface area contributed by atoms with Crippen molar-refractivity contribution in [1.29, 1.82) is 0 Å². The summed E-state index contributed by atoms with van der Waals surface area (Å²) in [5, 5.41) is 2.79. The fourth-order valence-electron chi connectivity index (χ4n) is 1.05. The summed E-state index contributed by atoms with van der Waals surface area (Å²) in [7, 11) is 4.50. The van der Waals surface area contributed by atoms with Gasteiger partial charge in [-0.2, -0.15) is 0 Å². The van der Waals surface area contributed by atoms with Crippen LogP contribution in [-0.2, 0) is 14.3 Å². The molecule has 0 bridgehead atoms. The molecular weight excluding hydrogens is 160 g/mol. The Morgan fingerprint density at radius 2 is 2.08 bits per heavy atom. The van der Waals surface area contributed by atoms with Crippen molar-refractivity contribution in [2.24, 2.45) is 0 Å². The first-order valence-corrected chi connectivity index (χ1v) is 3.48. The fourth-order valence-corrected chi connectivity index (χ4v) is 1.05. The number of carbonyl (C=O) groups is 1. The van der Waals surface area contributed by atoms with E-state index < -0.39 is 6.03 Å². The summed E-state index contributed by atoms with van der Waals surface area (Å²) in [6, 6.07) is -1.16. The number of rotatable bonds is 2. The fraction of sp³-hybridized carbons (Fsp3) is 0.571. The molecular formula is C7H12N2O3. The molecule has 0 aromatic rings. The van der Waals surface area contributed by atoms with Crippen LogP contribution < -0.4 is 5.32 Å². The minimum atomic E-state index is -1.16. The Labute approximate surface area is 70.9 Å². The van der Waals surface area contributed by atoms with Crippen LogP contribution in [0, 0.1) is 0 Å². The zero-order valence-corrected chi connectivity index (χ0v) is 7.33. The molecule has 0 aromatic heterocycles. The van der Waals surface area contributed by atoms with Crippen molar-refractivity contribution in [2.45, 2.75) is 6.03 Å². The van der Waals surface area contributed by atoms with Crippen LogP contribution in [0.4, 0.5) is 0 Å². The van der Waals surface area contributed by atoms with Gasteiger partial charge in [-0.15, -0.1) is 0 Å². The summed E-state index contributed by atoms with van der Waals surface area (Å²) in [6.07, 6.45) is 2.89. The minimum absolute atomic E-state index is 0.169. The van der Waals surface area contributed by atoms with Crippen molar-refractivity contribution in [3.05, 3.63) is 12.3 Å². The molecule has 1 N–H and O–H groups in total. The second-order valence-electron chi connectivity index (χ2n) is 2.37. The lowest BCUT2D eigenvalue weighted by Gasteiger charge is -2.39. The van der Waals surface area contributed by atoms with Crippen LogP contribution in [0.5, 0.6) is 0 Å². The quantitative estimate of drug-likeness (QED) is 0.569. The molecule has 1 aliphatic heterocycles. The Bertz CT molecular complexity index is 211. The van der Waals surface area contributed by atoms with E-state index >= 15 is 0 Å². The zero-order chi connectivity index (χ0) is 9.19. The highest BCUT2D eigenvalue weighted by Crippen LogP contribution is 2.15. The molecule has 5 heteroatoms. The molecule has 0 atom stereocenters. The van der Waals surface area contributed by atoms with Crippen molar-refractivity contribution in [2.75, 3.05) is 21.3 Å². The Balaban J connectivity index is 2.90. The van der Waals surface area contributed by atoms with Gasteiger partial charge in [-0.3, -0.25) is 9.69 Å². The van der Waals surface area contributed by atoms with Gasteiger partial charge in [0.1, 0.15) is 0 Å². The third-order valence-electron chi connectivity index (χ3n) is 1.82. The van der Waals surface area contributed by atoms with E-state index in [2.05, 4.69) is 5.32 Å². The Morgan fingerprint density at radius 3 is 2.50 bits per heavy atom. The van der Waals surface area contributed by atoms with E-state index in [9.17, 15) is 4.79 Å². The van der Waals surface area contributed by atoms with Crippen molar-refractivity contribution in [3.63, 3.8) is 0 Å². The summed E-state index contributed by atoms with van der Waals surface area (Å²) in [6.45, 7) is 0. The molecule has 0 aliphatic carbocycles. The lowest BCUT2D eigenvalue weighted by molar-refractivity contribution is -0.294. The molecule has 1 amide bonds. The third kappa shape index (κ3) is 1.17. The van der Waals surface area contributed by atoms with Crippen LogP contribution in [0.25, 0.3) is 0 Å². The van der Waals surface area contributed by atoms with Gasteiger partial charge < -0.3 is 14.8 Å². The predicted octanol–water partition coefficient (Wildman–Crippen LogP) is -0.534. The molecule has 0 saturated heterocycles. The third-order valence-corrected chi connectivity index (χ3v) is 1.82. The number of hydrogen-bond donors (Lipinski definition) is 1. The number of amides is 1. The standard InChI is InChI=1S/C7H12N2O3/c1-9-6(10)4-5-8-7(9,11-2)12-3/h4-5,8H,1-3H3. The number of nitrogens with one attached hydrogen (secondary N) is 1. The lowest BCUT2D eigenvalue weighted by atomic mass is 10.4. The summed E-state index contributed by atoms with van der Waals surface area (Å²) in [4.78, 5) is 12.5. The van der Waals surface area contributed by atoms with Crippen molar-refractivity contribution >= 4 is 5.91 Å². The van der Waals surface area contributed by atoms with Crippen molar-refractivity contribution in [1.82, 2.24) is 10.2 Å². The maximum absolute atomic E-state index is 11.2. The van der Waals surface area contributed by atoms with Crippen LogP contribution in [0.3, 0.4) is 0 Å². The predicted molar refractivity (Wildman–Crippen MR) is 41.8 cm³/mol. The van der Waals surface area contributed by atoms with Crippen LogP contribution in [0.1, 0.15) is 0 Å². The molecule has 0 unspecified atom stereocenters. The van der Waals surface area contributed by atoms with Gasteiger partial charge >= 0.3 is 6.03 Å². The molecule has 0 saturated carbocycles. The van der Waals surface area contributed by atoms with E-state index in [1.165, 1.54) is 31.4 Å².